The number of allylic oxidation sites excluding steroid dienone is 1. The lowest BCUT2D eigenvalue weighted by molar-refractivity contribution is -0.136. The summed E-state index contributed by atoms with van der Waals surface area (Å²) in [5.41, 5.74) is -0.149. The average Bonchev–Trinajstić information content (AvgIpc) is 4.17. The summed E-state index contributed by atoms with van der Waals surface area (Å²) < 4.78 is 52.6. The quantitative estimate of drug-likeness (QED) is 0.228. The first-order valence-corrected chi connectivity index (χ1v) is 23.5. The highest BCUT2D eigenvalue weighted by Gasteiger charge is 2.62. The highest BCUT2D eigenvalue weighted by molar-refractivity contribution is 7.91. The van der Waals surface area contributed by atoms with E-state index in [0.29, 0.717) is 54.2 Å². The van der Waals surface area contributed by atoms with Gasteiger partial charge >= 0.3 is 6.09 Å². The topological polar surface area (TPSA) is 188 Å². The molecule has 1 aromatic heterocycles. The molecule has 14 nitrogen and oxygen atoms in total. The van der Waals surface area contributed by atoms with E-state index in [1.807, 2.05) is 25.1 Å². The van der Waals surface area contributed by atoms with Crippen LogP contribution >= 0.6 is 0 Å². The number of ether oxygens (including phenoxy) is 4. The van der Waals surface area contributed by atoms with Crippen molar-refractivity contribution in [2.75, 3.05) is 13.7 Å². The third-order valence-electron chi connectivity index (χ3n) is 13.7. The number of nitrogens with one attached hydrogen (secondary N) is 3. The number of hydrogen-bond donors (Lipinski definition) is 3. The van der Waals surface area contributed by atoms with E-state index in [-0.39, 0.29) is 43.0 Å². The summed E-state index contributed by atoms with van der Waals surface area (Å²) in [6.07, 6.45) is 14.0. The van der Waals surface area contributed by atoms with Gasteiger partial charge in [-0.25, -0.2) is 18.2 Å². The molecule has 4 bridgehead atoms. The minimum atomic E-state index is -3.90. The van der Waals surface area contributed by atoms with Crippen LogP contribution in [0.1, 0.15) is 109 Å². The van der Waals surface area contributed by atoms with Crippen molar-refractivity contribution in [1.82, 2.24) is 20.3 Å². The number of hydrogen-bond acceptors (Lipinski definition) is 11. The van der Waals surface area contributed by atoms with Gasteiger partial charge in [0, 0.05) is 34.9 Å². The zero-order chi connectivity index (χ0) is 42.2. The van der Waals surface area contributed by atoms with Crippen LogP contribution in [-0.2, 0) is 29.1 Å². The molecule has 1 aromatic carbocycles. The maximum absolute atomic E-state index is 15.2. The molecule has 0 spiro atoms. The van der Waals surface area contributed by atoms with Crippen LogP contribution in [0.5, 0.6) is 17.4 Å². The second-order valence-electron chi connectivity index (χ2n) is 17.7. The van der Waals surface area contributed by atoms with Crippen LogP contribution in [0.15, 0.2) is 36.9 Å². The molecule has 5 fully saturated rings. The number of methoxy groups -OCH3 is 1. The van der Waals surface area contributed by atoms with Crippen molar-refractivity contribution >= 4 is 50.7 Å². The normalized spacial score (nSPS) is 31.6. The Labute approximate surface area is 352 Å². The maximum Gasteiger partial charge on any atom is 0.408 e. The van der Waals surface area contributed by atoms with Crippen LogP contribution in [-0.4, -0.2) is 79.8 Å². The standard InChI is InChI=1S/C45H58N4O10S/c1-4-29-25-45(29,43(52)49-60(54,55)31-18-19-31)48-42(51)33-22-30-21-32(33)41(50)40(27-13-7-6-8-14-27)47-44(53)59-36-17-10-9-12-26(36)15-11-16-28-20-34-35(23-37(28)56-3)46-39(57-5-2)24-38(34)58-30/h4,11,16,20,23-24,26-27,29-33,36,40H,1,5-10,12-15,17-19,21-22,25H2,2-3H3,(H,47,53)(H,48,51)(H,49,52)/b16-11+/t26-,29-,30-,32?,33+,36+,40-,45+/m0/s1. The fourth-order valence-corrected chi connectivity index (χ4v) is 11.5. The minimum absolute atomic E-state index is 0.0819. The molecule has 60 heavy (non-hydrogen) atoms. The van der Waals surface area contributed by atoms with E-state index in [1.165, 1.54) is 0 Å². The Morgan fingerprint density at radius 2 is 1.75 bits per heavy atom. The van der Waals surface area contributed by atoms with Gasteiger partial charge in [0.25, 0.3) is 5.91 Å². The molecule has 5 aliphatic carbocycles. The lowest BCUT2D eigenvalue weighted by atomic mass is 9.77. The van der Waals surface area contributed by atoms with Crippen LogP contribution in [0.4, 0.5) is 4.79 Å². The Bertz CT molecular complexity index is 2150. The van der Waals surface area contributed by atoms with E-state index >= 15 is 4.79 Å². The number of benzene rings is 1. The average molecular weight is 847 g/mol. The number of Topliss-reactive ketones (excluding diaryl/α,β-unsaturated/α-hetero) is 1. The first-order chi connectivity index (χ1) is 28.9. The Morgan fingerprint density at radius 3 is 2.47 bits per heavy atom. The Hall–Kier alpha value is -4.66. The highest BCUT2D eigenvalue weighted by atomic mass is 32.2. The number of alkyl carbamates (subject to hydrolysis) is 1. The summed E-state index contributed by atoms with van der Waals surface area (Å²) in [6.45, 7) is 6.06. The van der Waals surface area contributed by atoms with Gasteiger partial charge in [-0.1, -0.05) is 43.9 Å². The summed E-state index contributed by atoms with van der Waals surface area (Å²) in [5.74, 6) is -2.68. The van der Waals surface area contributed by atoms with Gasteiger partial charge in [-0.3, -0.25) is 19.1 Å². The predicted octanol–water partition coefficient (Wildman–Crippen LogP) is 6.30. The number of fused-ring (bicyclic) bond motifs is 4. The van der Waals surface area contributed by atoms with E-state index < -0.39 is 68.6 Å². The number of ketones is 1. The van der Waals surface area contributed by atoms with E-state index in [1.54, 1.807) is 19.3 Å². The molecule has 15 heteroatoms. The van der Waals surface area contributed by atoms with Crippen molar-refractivity contribution in [2.45, 2.75) is 132 Å². The van der Waals surface area contributed by atoms with Crippen molar-refractivity contribution < 1.29 is 46.5 Å². The number of aromatic nitrogens is 1. The van der Waals surface area contributed by atoms with Crippen molar-refractivity contribution in [1.29, 1.82) is 0 Å². The van der Waals surface area contributed by atoms with E-state index in [9.17, 15) is 22.8 Å². The first-order valence-electron chi connectivity index (χ1n) is 21.9. The number of sulfonamides is 1. The zero-order valence-corrected chi connectivity index (χ0v) is 35.4. The summed E-state index contributed by atoms with van der Waals surface area (Å²) in [6, 6.07) is 4.62. The van der Waals surface area contributed by atoms with Crippen molar-refractivity contribution in [2.24, 2.45) is 29.6 Å². The lowest BCUT2D eigenvalue weighted by Gasteiger charge is -2.34. The Morgan fingerprint density at radius 1 is 1.00 bits per heavy atom. The SMILES string of the molecule is C=C[C@H]1C[C@]1(NC(=O)[C@@H]1C[C@@H]2CC1C(=O)[C@H](C1CCCCC1)NC(=O)O[C@@H]1CCCC[C@H]1C/C=C/c1cc3c(cc(OCC)nc3cc1OC)O2)C(=O)NS(=O)(=O)C1CC1. The Kier molecular flexibility index (Phi) is 12.2. The molecule has 6 aliphatic rings. The first kappa shape index (κ1) is 42.0. The minimum Gasteiger partial charge on any atom is -0.496 e. The van der Waals surface area contributed by atoms with E-state index in [4.69, 9.17) is 23.9 Å². The smallest absolute Gasteiger partial charge is 0.408 e. The lowest BCUT2D eigenvalue weighted by Crippen LogP contribution is -2.55. The molecule has 0 radical (unpaired) electrons. The largest absolute Gasteiger partial charge is 0.496 e. The number of carbonyl (C=O) groups is 4. The van der Waals surface area contributed by atoms with Crippen LogP contribution in [0.3, 0.4) is 0 Å². The summed E-state index contributed by atoms with van der Waals surface area (Å²) in [5, 5.41) is 6.00. The highest BCUT2D eigenvalue weighted by Crippen LogP contribution is 2.47. The molecule has 2 aromatic rings. The molecule has 1 unspecified atom stereocenters. The van der Waals surface area contributed by atoms with Gasteiger partial charge in [-0.15, -0.1) is 6.58 Å². The second kappa shape index (κ2) is 17.4. The molecule has 2 heterocycles. The number of amides is 3. The molecule has 324 valence electrons. The molecular formula is C45H58N4O10S. The van der Waals surface area contributed by atoms with Gasteiger partial charge in [-0.2, -0.15) is 0 Å². The van der Waals surface area contributed by atoms with Crippen LogP contribution < -0.4 is 29.6 Å². The maximum atomic E-state index is 15.2. The Balaban J connectivity index is 1.18. The van der Waals surface area contributed by atoms with Crippen LogP contribution in [0.25, 0.3) is 17.0 Å². The summed E-state index contributed by atoms with van der Waals surface area (Å²) >= 11 is 0. The molecule has 3 N–H and O–H groups in total. The molecule has 8 rings (SSSR count). The number of carbonyl (C=O) groups excluding carboxylic acids is 4. The molecule has 8 atom stereocenters. The molecule has 0 saturated heterocycles. The van der Waals surface area contributed by atoms with Gasteiger partial charge in [-0.05, 0) is 95.5 Å². The molecular weight excluding hydrogens is 789 g/mol. The van der Waals surface area contributed by atoms with Crippen molar-refractivity contribution in [3.05, 3.63) is 42.5 Å². The third-order valence-corrected chi connectivity index (χ3v) is 15.5. The fraction of sp³-hybridized carbons (Fsp3) is 0.622. The van der Waals surface area contributed by atoms with Gasteiger partial charge in [0.15, 0.2) is 5.78 Å². The van der Waals surface area contributed by atoms with Crippen molar-refractivity contribution in [3.63, 3.8) is 0 Å². The fourth-order valence-electron chi connectivity index (χ4n) is 10.1. The van der Waals surface area contributed by atoms with Crippen molar-refractivity contribution in [3.8, 4) is 17.4 Å². The summed E-state index contributed by atoms with van der Waals surface area (Å²) in [4.78, 5) is 62.2. The third kappa shape index (κ3) is 8.73. The van der Waals surface area contributed by atoms with Gasteiger partial charge in [0.05, 0.1) is 36.4 Å². The predicted molar refractivity (Wildman–Crippen MR) is 224 cm³/mol. The molecule has 1 aliphatic heterocycles. The van der Waals surface area contributed by atoms with Crippen LogP contribution in [0.2, 0.25) is 0 Å². The van der Waals surface area contributed by atoms with Crippen LogP contribution in [0, 0.1) is 29.6 Å². The molecule has 3 amide bonds. The zero-order valence-electron chi connectivity index (χ0n) is 34.6. The second-order valence-corrected chi connectivity index (χ2v) is 19.6. The van der Waals surface area contributed by atoms with E-state index in [0.717, 1.165) is 63.4 Å². The number of pyridine rings is 1. The van der Waals surface area contributed by atoms with Gasteiger partial charge in [0.2, 0.25) is 21.8 Å². The number of nitrogens with zero attached hydrogens (tertiary/aromatic N) is 1. The van der Waals surface area contributed by atoms with E-state index in [2.05, 4.69) is 28.0 Å². The van der Waals surface area contributed by atoms with Gasteiger partial charge in [0.1, 0.15) is 29.2 Å². The number of rotatable bonds is 10. The monoisotopic (exact) mass is 846 g/mol. The molecule has 5 saturated carbocycles. The van der Waals surface area contributed by atoms with Gasteiger partial charge < -0.3 is 29.6 Å². The summed E-state index contributed by atoms with van der Waals surface area (Å²) in [7, 11) is -2.30.